The van der Waals surface area contributed by atoms with Crippen molar-refractivity contribution < 1.29 is 13.2 Å². The van der Waals surface area contributed by atoms with Crippen LogP contribution < -0.4 is 5.32 Å². The number of nitrogens with one attached hydrogen (secondary N) is 1. The topological polar surface area (TPSA) is 12.0 Å². The van der Waals surface area contributed by atoms with Crippen LogP contribution >= 0.6 is 0 Å². The lowest BCUT2D eigenvalue weighted by atomic mass is 9.92. The van der Waals surface area contributed by atoms with Gasteiger partial charge in [0.25, 0.3) is 0 Å². The molecule has 1 aliphatic carbocycles. The summed E-state index contributed by atoms with van der Waals surface area (Å²) in [5, 5.41) is 3.25. The highest BCUT2D eigenvalue weighted by atomic mass is 19.4. The minimum atomic E-state index is -4.24. The van der Waals surface area contributed by atoms with Gasteiger partial charge in [-0.25, -0.2) is 0 Å². The molecule has 1 aliphatic heterocycles. The summed E-state index contributed by atoms with van der Waals surface area (Å²) in [6.07, 6.45) is -3.21. The molecule has 1 saturated heterocycles. The standard InChI is InChI=1S/C13H14F3N/c1-8-2-3-9(4-11(8)13(14,15)16)12-5-10(12)6-17-7-12/h2-4,10,17H,5-7H2,1H3. The fourth-order valence-electron chi connectivity index (χ4n) is 3.03. The monoisotopic (exact) mass is 241 g/mol. The van der Waals surface area contributed by atoms with Crippen molar-refractivity contribution in [2.45, 2.75) is 24.9 Å². The average Bonchev–Trinajstić information content (AvgIpc) is 2.80. The van der Waals surface area contributed by atoms with Gasteiger partial charge in [-0.1, -0.05) is 12.1 Å². The average molecular weight is 241 g/mol. The van der Waals surface area contributed by atoms with E-state index in [1.807, 2.05) is 6.07 Å². The van der Waals surface area contributed by atoms with Crippen molar-refractivity contribution in [1.82, 2.24) is 5.32 Å². The van der Waals surface area contributed by atoms with E-state index in [-0.39, 0.29) is 5.41 Å². The van der Waals surface area contributed by atoms with Crippen LogP contribution in [0.5, 0.6) is 0 Å². The zero-order chi connectivity index (χ0) is 12.3. The van der Waals surface area contributed by atoms with Crippen LogP contribution in [0.4, 0.5) is 13.2 Å². The van der Waals surface area contributed by atoms with E-state index >= 15 is 0 Å². The summed E-state index contributed by atoms with van der Waals surface area (Å²) < 4.78 is 38.5. The van der Waals surface area contributed by atoms with Crippen LogP contribution in [0.2, 0.25) is 0 Å². The Bertz CT molecular complexity index is 466. The number of fused-ring (bicyclic) bond motifs is 1. The van der Waals surface area contributed by atoms with Crippen molar-refractivity contribution in [1.29, 1.82) is 0 Å². The number of benzene rings is 1. The summed E-state index contributed by atoms with van der Waals surface area (Å²) in [5.41, 5.74) is 0.668. The minimum Gasteiger partial charge on any atom is -0.316 e. The third-order valence-corrected chi connectivity index (χ3v) is 4.18. The molecule has 0 radical (unpaired) electrons. The van der Waals surface area contributed by atoms with E-state index in [4.69, 9.17) is 0 Å². The normalized spacial score (nSPS) is 31.4. The van der Waals surface area contributed by atoms with Gasteiger partial charge in [-0.15, -0.1) is 0 Å². The number of halogens is 3. The van der Waals surface area contributed by atoms with Crippen LogP contribution in [0, 0.1) is 12.8 Å². The lowest BCUT2D eigenvalue weighted by Crippen LogP contribution is -2.20. The Balaban J connectivity index is 2.03. The third kappa shape index (κ3) is 1.58. The minimum absolute atomic E-state index is 0.00625. The maximum Gasteiger partial charge on any atom is 0.416 e. The summed E-state index contributed by atoms with van der Waals surface area (Å²) in [6.45, 7) is 3.27. The van der Waals surface area contributed by atoms with E-state index in [9.17, 15) is 13.2 Å². The maximum absolute atomic E-state index is 12.8. The number of alkyl halides is 3. The van der Waals surface area contributed by atoms with E-state index in [0.29, 0.717) is 11.5 Å². The molecule has 92 valence electrons. The Morgan fingerprint density at radius 1 is 1.35 bits per heavy atom. The van der Waals surface area contributed by atoms with Gasteiger partial charge in [0, 0.05) is 12.0 Å². The quantitative estimate of drug-likeness (QED) is 0.797. The molecule has 0 amide bonds. The highest BCUT2D eigenvalue weighted by Crippen LogP contribution is 2.56. The molecular formula is C13H14F3N. The highest BCUT2D eigenvalue weighted by molar-refractivity contribution is 5.42. The molecule has 1 N–H and O–H groups in total. The van der Waals surface area contributed by atoms with Gasteiger partial charge in [-0.2, -0.15) is 13.2 Å². The molecule has 3 rings (SSSR count). The van der Waals surface area contributed by atoms with Crippen molar-refractivity contribution >= 4 is 0 Å². The summed E-state index contributed by atoms with van der Waals surface area (Å²) >= 11 is 0. The van der Waals surface area contributed by atoms with Gasteiger partial charge in [0.1, 0.15) is 0 Å². The Morgan fingerprint density at radius 3 is 2.65 bits per heavy atom. The molecule has 1 heterocycles. The zero-order valence-corrected chi connectivity index (χ0v) is 9.56. The number of piperidine rings is 1. The van der Waals surface area contributed by atoms with Gasteiger partial charge in [-0.05, 0) is 43.0 Å². The molecule has 2 atom stereocenters. The number of aryl methyl sites for hydroxylation is 1. The molecular weight excluding hydrogens is 227 g/mol. The Hall–Kier alpha value is -1.03. The van der Waals surface area contributed by atoms with Gasteiger partial charge in [0.05, 0.1) is 5.56 Å². The molecule has 2 unspecified atom stereocenters. The van der Waals surface area contributed by atoms with Gasteiger partial charge in [-0.3, -0.25) is 0 Å². The fraction of sp³-hybridized carbons (Fsp3) is 0.538. The van der Waals surface area contributed by atoms with Gasteiger partial charge >= 0.3 is 6.18 Å². The SMILES string of the molecule is Cc1ccc(C23CNCC2C3)cc1C(F)(F)F. The molecule has 0 aromatic heterocycles. The van der Waals surface area contributed by atoms with Gasteiger partial charge < -0.3 is 5.32 Å². The lowest BCUT2D eigenvalue weighted by molar-refractivity contribution is -0.138. The smallest absolute Gasteiger partial charge is 0.316 e. The molecule has 2 fully saturated rings. The summed E-state index contributed by atoms with van der Waals surface area (Å²) in [5.74, 6) is 0.534. The Kier molecular flexibility index (Phi) is 2.12. The van der Waals surface area contributed by atoms with Crippen LogP contribution in [-0.2, 0) is 11.6 Å². The predicted molar refractivity (Wildman–Crippen MR) is 58.8 cm³/mol. The van der Waals surface area contributed by atoms with Crippen molar-refractivity contribution in [3.05, 3.63) is 34.9 Å². The lowest BCUT2D eigenvalue weighted by Gasteiger charge is -2.17. The zero-order valence-electron chi connectivity index (χ0n) is 9.56. The predicted octanol–water partition coefficient (Wildman–Crippen LogP) is 2.87. The van der Waals surface area contributed by atoms with Crippen LogP contribution in [0.25, 0.3) is 0 Å². The van der Waals surface area contributed by atoms with E-state index in [1.54, 1.807) is 6.07 Å². The maximum atomic E-state index is 12.8. The second-order valence-electron chi connectivity index (χ2n) is 5.22. The molecule has 1 saturated carbocycles. The second kappa shape index (κ2) is 3.25. The molecule has 2 aliphatic rings. The first-order chi connectivity index (χ1) is 7.93. The fourth-order valence-corrected chi connectivity index (χ4v) is 3.03. The molecule has 4 heteroatoms. The van der Waals surface area contributed by atoms with E-state index in [2.05, 4.69) is 5.32 Å². The Labute approximate surface area is 98.0 Å². The van der Waals surface area contributed by atoms with Crippen molar-refractivity contribution in [3.8, 4) is 0 Å². The van der Waals surface area contributed by atoms with Crippen LogP contribution in [0.15, 0.2) is 18.2 Å². The summed E-state index contributed by atoms with van der Waals surface area (Å²) in [6, 6.07) is 4.81. The summed E-state index contributed by atoms with van der Waals surface area (Å²) in [4.78, 5) is 0. The first-order valence-corrected chi connectivity index (χ1v) is 5.82. The third-order valence-electron chi connectivity index (χ3n) is 4.18. The van der Waals surface area contributed by atoms with Gasteiger partial charge in [0.2, 0.25) is 0 Å². The van der Waals surface area contributed by atoms with Gasteiger partial charge in [0.15, 0.2) is 0 Å². The molecule has 1 nitrogen and oxygen atoms in total. The summed E-state index contributed by atoms with van der Waals surface area (Å²) in [7, 11) is 0. The number of hydrogen-bond acceptors (Lipinski definition) is 1. The van der Waals surface area contributed by atoms with Crippen LogP contribution in [0.3, 0.4) is 0 Å². The Morgan fingerprint density at radius 2 is 2.12 bits per heavy atom. The first kappa shape index (κ1) is 11.1. The van der Waals surface area contributed by atoms with Crippen LogP contribution in [-0.4, -0.2) is 13.1 Å². The van der Waals surface area contributed by atoms with E-state index in [1.165, 1.54) is 13.0 Å². The largest absolute Gasteiger partial charge is 0.416 e. The second-order valence-corrected chi connectivity index (χ2v) is 5.22. The molecule has 0 bridgehead atoms. The number of hydrogen-bond donors (Lipinski definition) is 1. The van der Waals surface area contributed by atoms with E-state index in [0.717, 1.165) is 25.1 Å². The first-order valence-electron chi connectivity index (χ1n) is 5.82. The van der Waals surface area contributed by atoms with E-state index < -0.39 is 11.7 Å². The molecule has 1 aromatic rings. The molecule has 0 spiro atoms. The molecule has 17 heavy (non-hydrogen) atoms. The van der Waals surface area contributed by atoms with Crippen molar-refractivity contribution in [2.75, 3.05) is 13.1 Å². The molecule has 1 aromatic carbocycles. The number of rotatable bonds is 1. The van der Waals surface area contributed by atoms with Crippen molar-refractivity contribution in [2.24, 2.45) is 5.92 Å². The van der Waals surface area contributed by atoms with Crippen LogP contribution in [0.1, 0.15) is 23.1 Å². The highest BCUT2D eigenvalue weighted by Gasteiger charge is 2.58. The van der Waals surface area contributed by atoms with Crippen molar-refractivity contribution in [3.63, 3.8) is 0 Å².